The Morgan fingerprint density at radius 3 is 2.78 bits per heavy atom. The molecule has 0 radical (unpaired) electrons. The monoisotopic (exact) mass is 241 g/mol. The smallest absolute Gasteiger partial charge is 0.127 e. The Labute approximate surface area is 108 Å². The van der Waals surface area contributed by atoms with Gasteiger partial charge in [0, 0.05) is 11.4 Å². The molecule has 1 atom stereocenters. The van der Waals surface area contributed by atoms with Crippen molar-refractivity contribution in [1.29, 1.82) is 0 Å². The first kappa shape index (κ1) is 11.5. The molecule has 0 spiro atoms. The molecule has 1 unspecified atom stereocenters. The number of benzene rings is 2. The molecule has 2 aromatic rings. The van der Waals surface area contributed by atoms with E-state index < -0.39 is 0 Å². The van der Waals surface area contributed by atoms with Crippen molar-refractivity contribution in [1.82, 2.24) is 5.32 Å². The van der Waals surface area contributed by atoms with Gasteiger partial charge < -0.3 is 10.1 Å². The minimum atomic E-state index is 0.489. The molecule has 0 saturated carbocycles. The van der Waals surface area contributed by atoms with Gasteiger partial charge in [0.05, 0.1) is 7.11 Å². The molecule has 94 valence electrons. The van der Waals surface area contributed by atoms with Crippen LogP contribution >= 0.6 is 0 Å². The van der Waals surface area contributed by atoms with Crippen LogP contribution in [0.5, 0.6) is 5.75 Å². The number of aryl methyl sites for hydroxylation is 1. The van der Waals surface area contributed by atoms with E-state index in [-0.39, 0.29) is 0 Å². The fourth-order valence-corrected chi connectivity index (χ4v) is 3.08. The molecule has 2 heteroatoms. The van der Waals surface area contributed by atoms with E-state index in [4.69, 9.17) is 4.74 Å². The highest BCUT2D eigenvalue weighted by Gasteiger charge is 2.24. The summed E-state index contributed by atoms with van der Waals surface area (Å²) >= 11 is 0. The van der Waals surface area contributed by atoms with E-state index >= 15 is 0 Å². The molecule has 1 N–H and O–H groups in total. The largest absolute Gasteiger partial charge is 0.496 e. The number of rotatable bonds is 3. The molecule has 0 aromatic heterocycles. The summed E-state index contributed by atoms with van der Waals surface area (Å²) in [4.78, 5) is 0. The Hall–Kier alpha value is -1.54. The van der Waals surface area contributed by atoms with Gasteiger partial charge in [-0.05, 0) is 42.0 Å². The third-order valence-corrected chi connectivity index (χ3v) is 3.88. The summed E-state index contributed by atoms with van der Waals surface area (Å²) in [5, 5.41) is 6.15. The van der Waals surface area contributed by atoms with Gasteiger partial charge in [-0.15, -0.1) is 0 Å². The number of nitrogens with one attached hydrogen (secondary N) is 1. The second-order valence-corrected chi connectivity index (χ2v) is 4.84. The van der Waals surface area contributed by atoms with Gasteiger partial charge in [-0.2, -0.15) is 0 Å². The molecule has 18 heavy (non-hydrogen) atoms. The highest BCUT2D eigenvalue weighted by atomic mass is 16.5. The van der Waals surface area contributed by atoms with Crippen LogP contribution in [0.2, 0.25) is 0 Å². The predicted octanol–water partition coefficient (Wildman–Crippen LogP) is 3.45. The Bertz CT molecular complexity index is 577. The zero-order valence-electron chi connectivity index (χ0n) is 11.0. The average molecular weight is 241 g/mol. The van der Waals surface area contributed by atoms with Crippen molar-refractivity contribution in [2.45, 2.75) is 25.8 Å². The number of ether oxygens (including phenoxy) is 1. The molecular formula is C16H19NO. The Morgan fingerprint density at radius 1 is 1.28 bits per heavy atom. The molecule has 0 amide bonds. The topological polar surface area (TPSA) is 21.3 Å². The maximum atomic E-state index is 5.55. The first-order valence-electron chi connectivity index (χ1n) is 6.67. The summed E-state index contributed by atoms with van der Waals surface area (Å²) in [5.41, 5.74) is 2.92. The van der Waals surface area contributed by atoms with Crippen molar-refractivity contribution in [3.05, 3.63) is 41.5 Å². The molecule has 2 aromatic carbocycles. The van der Waals surface area contributed by atoms with Gasteiger partial charge in [0.1, 0.15) is 5.75 Å². The molecule has 0 saturated heterocycles. The molecule has 3 rings (SSSR count). The third kappa shape index (κ3) is 1.68. The molecule has 0 aliphatic heterocycles. The molecule has 0 heterocycles. The molecule has 1 aliphatic carbocycles. The lowest BCUT2D eigenvalue weighted by Gasteiger charge is -2.15. The van der Waals surface area contributed by atoms with E-state index in [2.05, 4.69) is 42.6 Å². The van der Waals surface area contributed by atoms with Gasteiger partial charge in [-0.25, -0.2) is 0 Å². The lowest BCUT2D eigenvalue weighted by atomic mass is 9.99. The summed E-state index contributed by atoms with van der Waals surface area (Å²) in [7, 11) is 1.76. The van der Waals surface area contributed by atoms with Crippen LogP contribution < -0.4 is 10.1 Å². The van der Waals surface area contributed by atoms with Crippen molar-refractivity contribution in [2.24, 2.45) is 0 Å². The Kier molecular flexibility index (Phi) is 2.96. The van der Waals surface area contributed by atoms with E-state index in [9.17, 15) is 0 Å². The van der Waals surface area contributed by atoms with E-state index in [1.807, 2.05) is 0 Å². The maximum absolute atomic E-state index is 5.55. The number of hydrogen-bond acceptors (Lipinski definition) is 2. The van der Waals surface area contributed by atoms with Crippen LogP contribution in [-0.4, -0.2) is 13.7 Å². The molecule has 0 fully saturated rings. The van der Waals surface area contributed by atoms with Gasteiger partial charge >= 0.3 is 0 Å². The standard InChI is InChI=1S/C16H19NO/c1-3-17-15-9-8-12-11-6-4-5-7-13(11)16(18-2)10-14(12)15/h4-7,10,15,17H,3,8-9H2,1-2H3. The minimum Gasteiger partial charge on any atom is -0.496 e. The molecule has 1 aliphatic rings. The van der Waals surface area contributed by atoms with E-state index in [0.717, 1.165) is 18.7 Å². The van der Waals surface area contributed by atoms with Crippen LogP contribution in [0.1, 0.15) is 30.5 Å². The Balaban J connectivity index is 2.22. The lowest BCUT2D eigenvalue weighted by Crippen LogP contribution is -2.18. The second kappa shape index (κ2) is 4.62. The van der Waals surface area contributed by atoms with Crippen molar-refractivity contribution < 1.29 is 4.74 Å². The van der Waals surface area contributed by atoms with Crippen molar-refractivity contribution in [2.75, 3.05) is 13.7 Å². The number of hydrogen-bond donors (Lipinski definition) is 1. The zero-order chi connectivity index (χ0) is 12.5. The van der Waals surface area contributed by atoms with Crippen LogP contribution in [0.4, 0.5) is 0 Å². The first-order valence-corrected chi connectivity index (χ1v) is 6.67. The summed E-state index contributed by atoms with van der Waals surface area (Å²) in [6, 6.07) is 11.3. The van der Waals surface area contributed by atoms with Gasteiger partial charge in [0.2, 0.25) is 0 Å². The van der Waals surface area contributed by atoms with Crippen LogP contribution in [0.15, 0.2) is 30.3 Å². The van der Waals surface area contributed by atoms with Gasteiger partial charge in [-0.1, -0.05) is 31.2 Å². The van der Waals surface area contributed by atoms with Crippen LogP contribution in [0.25, 0.3) is 10.8 Å². The zero-order valence-corrected chi connectivity index (χ0v) is 11.0. The van der Waals surface area contributed by atoms with Crippen molar-refractivity contribution in [3.63, 3.8) is 0 Å². The SMILES string of the molecule is CCNC1CCc2c1cc(OC)c1ccccc21. The normalized spacial score (nSPS) is 18.0. The summed E-state index contributed by atoms with van der Waals surface area (Å²) in [6.45, 7) is 3.18. The molecule has 0 bridgehead atoms. The summed E-state index contributed by atoms with van der Waals surface area (Å²) in [5.74, 6) is 0.995. The lowest BCUT2D eigenvalue weighted by molar-refractivity contribution is 0.418. The van der Waals surface area contributed by atoms with Gasteiger partial charge in [-0.3, -0.25) is 0 Å². The van der Waals surface area contributed by atoms with E-state index in [0.29, 0.717) is 6.04 Å². The van der Waals surface area contributed by atoms with Crippen molar-refractivity contribution in [3.8, 4) is 5.75 Å². The summed E-state index contributed by atoms with van der Waals surface area (Å²) in [6.07, 6.45) is 2.36. The van der Waals surface area contributed by atoms with Crippen molar-refractivity contribution >= 4 is 10.8 Å². The number of methoxy groups -OCH3 is 1. The number of fused-ring (bicyclic) bond motifs is 3. The quantitative estimate of drug-likeness (QED) is 0.888. The molecular weight excluding hydrogens is 222 g/mol. The third-order valence-electron chi connectivity index (χ3n) is 3.88. The van der Waals surface area contributed by atoms with Crippen LogP contribution in [0.3, 0.4) is 0 Å². The van der Waals surface area contributed by atoms with E-state index in [1.54, 1.807) is 7.11 Å². The van der Waals surface area contributed by atoms with Gasteiger partial charge in [0.15, 0.2) is 0 Å². The fraction of sp³-hybridized carbons (Fsp3) is 0.375. The fourth-order valence-electron chi connectivity index (χ4n) is 3.08. The van der Waals surface area contributed by atoms with Crippen LogP contribution in [0, 0.1) is 0 Å². The highest BCUT2D eigenvalue weighted by molar-refractivity contribution is 5.92. The van der Waals surface area contributed by atoms with E-state index in [1.165, 1.54) is 28.3 Å². The average Bonchev–Trinajstić information content (AvgIpc) is 2.82. The first-order chi connectivity index (χ1) is 8.85. The highest BCUT2D eigenvalue weighted by Crippen LogP contribution is 2.40. The van der Waals surface area contributed by atoms with Crippen LogP contribution in [-0.2, 0) is 6.42 Å². The summed E-state index contributed by atoms with van der Waals surface area (Å²) < 4.78 is 5.55. The Morgan fingerprint density at radius 2 is 2.06 bits per heavy atom. The second-order valence-electron chi connectivity index (χ2n) is 4.84. The minimum absolute atomic E-state index is 0.489. The maximum Gasteiger partial charge on any atom is 0.127 e. The predicted molar refractivity (Wildman–Crippen MR) is 75.2 cm³/mol. The van der Waals surface area contributed by atoms with Gasteiger partial charge in [0.25, 0.3) is 0 Å². The molecule has 2 nitrogen and oxygen atoms in total.